The minimum atomic E-state index is 0.773. The van der Waals surface area contributed by atoms with Gasteiger partial charge in [-0.3, -0.25) is 0 Å². The number of ether oxygens (including phenoxy) is 1. The molecule has 1 fully saturated rings. The Hall–Kier alpha value is -1.40. The van der Waals surface area contributed by atoms with Crippen molar-refractivity contribution in [2.24, 2.45) is 0 Å². The first-order valence-electron chi connectivity index (χ1n) is 7.73. The Morgan fingerprint density at radius 3 is 2.71 bits per heavy atom. The van der Waals surface area contributed by atoms with Crippen LogP contribution in [0.3, 0.4) is 0 Å². The summed E-state index contributed by atoms with van der Waals surface area (Å²) in [5.74, 6) is 0. The first-order valence-corrected chi connectivity index (χ1v) is 8.55. The monoisotopic (exact) mass is 304 g/mol. The summed E-state index contributed by atoms with van der Waals surface area (Å²) < 4.78 is 6.48. The van der Waals surface area contributed by atoms with Crippen molar-refractivity contribution in [3.05, 3.63) is 11.3 Å². The molecule has 0 radical (unpaired) electrons. The van der Waals surface area contributed by atoms with Gasteiger partial charge in [0, 0.05) is 18.8 Å². The minimum absolute atomic E-state index is 0.773. The van der Waals surface area contributed by atoms with E-state index in [4.69, 9.17) is 20.4 Å². The first-order chi connectivity index (χ1) is 10.3. The molecule has 1 aliphatic heterocycles. The molecule has 6 heteroatoms. The fourth-order valence-electron chi connectivity index (χ4n) is 3.19. The smallest absolute Gasteiger partial charge is 0.188 e. The number of nitrogens with zero attached hydrogens (tertiary/aromatic N) is 3. The normalized spacial score (nSPS) is 19.5. The Morgan fingerprint density at radius 1 is 1.05 bits per heavy atom. The molecule has 0 aromatic carbocycles. The Bertz CT molecular complexity index is 663. The number of nitrogens with two attached hydrogens (primary N) is 1. The number of aryl methyl sites for hydroxylation is 1. The van der Waals surface area contributed by atoms with E-state index < -0.39 is 0 Å². The number of hydrogen-bond acceptors (Lipinski definition) is 6. The zero-order chi connectivity index (χ0) is 14.2. The van der Waals surface area contributed by atoms with E-state index in [1.54, 1.807) is 11.3 Å². The number of fused-ring (bicyclic) bond motifs is 2. The Labute approximate surface area is 128 Å². The SMILES string of the molecule is Nc1c2c(nc3nc(N4CCOCC4)sc13)CCCCC2. The predicted octanol–water partition coefficient (Wildman–Crippen LogP) is 2.38. The molecule has 1 saturated heterocycles. The third kappa shape index (κ3) is 2.36. The van der Waals surface area contributed by atoms with E-state index in [1.165, 1.54) is 30.5 Å². The molecule has 2 aromatic heterocycles. The van der Waals surface area contributed by atoms with Crippen LogP contribution in [0.25, 0.3) is 10.3 Å². The third-order valence-electron chi connectivity index (χ3n) is 4.38. The lowest BCUT2D eigenvalue weighted by Crippen LogP contribution is -2.36. The minimum Gasteiger partial charge on any atom is -0.397 e. The summed E-state index contributed by atoms with van der Waals surface area (Å²) >= 11 is 1.68. The van der Waals surface area contributed by atoms with E-state index >= 15 is 0 Å². The molecule has 0 amide bonds. The summed E-state index contributed by atoms with van der Waals surface area (Å²) in [7, 11) is 0. The standard InChI is InChI=1S/C15H20N4OS/c16-12-10-4-2-1-3-5-11(10)17-14-13(12)21-15(18-14)19-6-8-20-9-7-19/h1-9H2,(H2,16,17). The van der Waals surface area contributed by atoms with Gasteiger partial charge in [0.05, 0.1) is 23.6 Å². The maximum absolute atomic E-state index is 6.44. The molecule has 112 valence electrons. The number of rotatable bonds is 1. The highest BCUT2D eigenvalue weighted by Gasteiger charge is 2.21. The lowest BCUT2D eigenvalue weighted by Gasteiger charge is -2.25. The van der Waals surface area contributed by atoms with Gasteiger partial charge >= 0.3 is 0 Å². The highest BCUT2D eigenvalue weighted by Crippen LogP contribution is 2.36. The fraction of sp³-hybridized carbons (Fsp3) is 0.600. The highest BCUT2D eigenvalue weighted by molar-refractivity contribution is 7.22. The van der Waals surface area contributed by atoms with Gasteiger partial charge in [-0.2, -0.15) is 4.98 Å². The van der Waals surface area contributed by atoms with Crippen molar-refractivity contribution in [2.45, 2.75) is 32.1 Å². The van der Waals surface area contributed by atoms with E-state index in [2.05, 4.69) is 4.90 Å². The van der Waals surface area contributed by atoms with E-state index in [1.807, 2.05) is 0 Å². The van der Waals surface area contributed by atoms with Crippen molar-refractivity contribution in [1.82, 2.24) is 9.97 Å². The van der Waals surface area contributed by atoms with Crippen molar-refractivity contribution in [2.75, 3.05) is 36.9 Å². The second kappa shape index (κ2) is 5.42. The molecule has 0 saturated carbocycles. The van der Waals surface area contributed by atoms with Crippen molar-refractivity contribution in [3.63, 3.8) is 0 Å². The number of nitrogen functional groups attached to an aromatic ring is 1. The summed E-state index contributed by atoms with van der Waals surface area (Å²) in [6.45, 7) is 3.35. The second-order valence-electron chi connectivity index (χ2n) is 5.76. The molecular formula is C15H20N4OS. The van der Waals surface area contributed by atoms with Crippen LogP contribution in [0.15, 0.2) is 0 Å². The van der Waals surface area contributed by atoms with Gasteiger partial charge in [0.1, 0.15) is 0 Å². The van der Waals surface area contributed by atoms with Crippen LogP contribution in [0, 0.1) is 0 Å². The maximum Gasteiger partial charge on any atom is 0.188 e. The molecule has 21 heavy (non-hydrogen) atoms. The summed E-state index contributed by atoms with van der Waals surface area (Å²) in [6.07, 6.45) is 5.82. The molecule has 3 heterocycles. The number of aromatic nitrogens is 2. The van der Waals surface area contributed by atoms with Gasteiger partial charge in [-0.25, -0.2) is 4.98 Å². The van der Waals surface area contributed by atoms with Crippen LogP contribution >= 0.6 is 11.3 Å². The molecule has 0 spiro atoms. The van der Waals surface area contributed by atoms with E-state index in [9.17, 15) is 0 Å². The van der Waals surface area contributed by atoms with Crippen molar-refractivity contribution in [1.29, 1.82) is 0 Å². The average Bonchev–Trinajstić information content (AvgIpc) is 2.80. The number of pyridine rings is 1. The van der Waals surface area contributed by atoms with Gasteiger partial charge in [-0.1, -0.05) is 17.8 Å². The molecule has 0 unspecified atom stereocenters. The van der Waals surface area contributed by atoms with Crippen LogP contribution in [0.5, 0.6) is 0 Å². The topological polar surface area (TPSA) is 64.3 Å². The lowest BCUT2D eigenvalue weighted by atomic mass is 10.1. The number of thiazole rings is 1. The molecule has 0 atom stereocenters. The summed E-state index contributed by atoms with van der Waals surface area (Å²) in [6, 6.07) is 0. The molecular weight excluding hydrogens is 284 g/mol. The largest absolute Gasteiger partial charge is 0.397 e. The van der Waals surface area contributed by atoms with E-state index in [-0.39, 0.29) is 0 Å². The third-order valence-corrected chi connectivity index (χ3v) is 5.52. The number of morpholine rings is 1. The quantitative estimate of drug-likeness (QED) is 0.820. The van der Waals surface area contributed by atoms with Crippen molar-refractivity contribution < 1.29 is 4.74 Å². The van der Waals surface area contributed by atoms with Crippen LogP contribution in [0.1, 0.15) is 30.5 Å². The van der Waals surface area contributed by atoms with Gasteiger partial charge in [-0.15, -0.1) is 0 Å². The number of hydrogen-bond donors (Lipinski definition) is 1. The van der Waals surface area contributed by atoms with E-state index in [0.29, 0.717) is 0 Å². The molecule has 2 aromatic rings. The Morgan fingerprint density at radius 2 is 1.86 bits per heavy atom. The molecule has 1 aliphatic carbocycles. The van der Waals surface area contributed by atoms with Gasteiger partial charge in [0.25, 0.3) is 0 Å². The van der Waals surface area contributed by atoms with Crippen LogP contribution in [-0.2, 0) is 17.6 Å². The highest BCUT2D eigenvalue weighted by atomic mass is 32.1. The van der Waals surface area contributed by atoms with E-state index in [0.717, 1.165) is 60.3 Å². The van der Waals surface area contributed by atoms with Gasteiger partial charge < -0.3 is 15.4 Å². The number of anilines is 2. The molecule has 2 N–H and O–H groups in total. The molecule has 5 nitrogen and oxygen atoms in total. The van der Waals surface area contributed by atoms with Crippen molar-refractivity contribution in [3.8, 4) is 0 Å². The lowest BCUT2D eigenvalue weighted by molar-refractivity contribution is 0.122. The maximum atomic E-state index is 6.44. The van der Waals surface area contributed by atoms with Crippen LogP contribution in [0.2, 0.25) is 0 Å². The zero-order valence-electron chi connectivity index (χ0n) is 12.1. The zero-order valence-corrected chi connectivity index (χ0v) is 12.9. The Balaban J connectivity index is 1.78. The van der Waals surface area contributed by atoms with Crippen LogP contribution in [0.4, 0.5) is 10.8 Å². The second-order valence-corrected chi connectivity index (χ2v) is 6.74. The Kier molecular flexibility index (Phi) is 3.43. The van der Waals surface area contributed by atoms with Gasteiger partial charge in [0.15, 0.2) is 10.8 Å². The van der Waals surface area contributed by atoms with Crippen LogP contribution < -0.4 is 10.6 Å². The predicted molar refractivity (Wildman–Crippen MR) is 86.1 cm³/mol. The summed E-state index contributed by atoms with van der Waals surface area (Å²) in [4.78, 5) is 11.8. The molecule has 4 rings (SSSR count). The van der Waals surface area contributed by atoms with Crippen molar-refractivity contribution >= 4 is 32.5 Å². The van der Waals surface area contributed by atoms with Crippen LogP contribution in [-0.4, -0.2) is 36.3 Å². The average molecular weight is 304 g/mol. The fourth-order valence-corrected chi connectivity index (χ4v) is 4.23. The summed E-state index contributed by atoms with van der Waals surface area (Å²) in [5, 5.41) is 1.03. The first kappa shape index (κ1) is 13.3. The van der Waals surface area contributed by atoms with Gasteiger partial charge in [0.2, 0.25) is 0 Å². The van der Waals surface area contributed by atoms with Gasteiger partial charge in [-0.05, 0) is 31.2 Å². The summed E-state index contributed by atoms with van der Waals surface area (Å²) in [5.41, 5.74) is 10.6. The molecule has 0 bridgehead atoms. The molecule has 2 aliphatic rings.